The van der Waals surface area contributed by atoms with Gasteiger partial charge in [-0.3, -0.25) is 0 Å². The van der Waals surface area contributed by atoms with Crippen molar-refractivity contribution in [1.82, 2.24) is 4.90 Å². The van der Waals surface area contributed by atoms with E-state index < -0.39 is 6.10 Å². The van der Waals surface area contributed by atoms with Crippen molar-refractivity contribution in [3.05, 3.63) is 71.3 Å². The predicted octanol–water partition coefficient (Wildman–Crippen LogP) is 4.69. The summed E-state index contributed by atoms with van der Waals surface area (Å²) in [6.45, 7) is 3.25. The number of ether oxygens (including phenoxy) is 2. The van der Waals surface area contributed by atoms with Gasteiger partial charge in [0.05, 0.1) is 12.7 Å². The maximum Gasteiger partial charge on any atom is 0.409 e. The fourth-order valence-corrected chi connectivity index (χ4v) is 3.21. The molecule has 144 valence electrons. The summed E-state index contributed by atoms with van der Waals surface area (Å²) in [6.07, 6.45) is 0.570. The first-order chi connectivity index (χ1) is 13.1. The highest BCUT2D eigenvalue weighted by Gasteiger charge is 2.27. The molecule has 0 aromatic heterocycles. The minimum absolute atomic E-state index is 0.0595. The number of piperidine rings is 1. The second kappa shape index (κ2) is 8.95. The molecule has 0 spiro atoms. The predicted molar refractivity (Wildman–Crippen MR) is 97.3 cm³/mol. The number of carbonyl (C=O) groups excluding carboxylic acids is 1. The Morgan fingerprint density at radius 2 is 1.48 bits per heavy atom. The van der Waals surface area contributed by atoms with Gasteiger partial charge in [-0.1, -0.05) is 24.3 Å². The molecule has 1 aliphatic rings. The van der Waals surface area contributed by atoms with Crippen LogP contribution in [0.4, 0.5) is 13.6 Å². The molecule has 1 amide bonds. The molecule has 2 aromatic rings. The topological polar surface area (TPSA) is 38.8 Å². The number of halogens is 2. The SMILES string of the molecule is CCOC(=O)N1CCC(OC(c2ccc(F)cc2)c2ccc(F)cc2)CC1. The molecular weight excluding hydrogens is 352 g/mol. The van der Waals surface area contributed by atoms with Crippen molar-refractivity contribution in [3.63, 3.8) is 0 Å². The van der Waals surface area contributed by atoms with Gasteiger partial charge in [-0.05, 0) is 55.2 Å². The Balaban J connectivity index is 1.72. The van der Waals surface area contributed by atoms with Crippen LogP contribution >= 0.6 is 0 Å². The number of likely N-dealkylation sites (tertiary alicyclic amines) is 1. The Hall–Kier alpha value is -2.47. The van der Waals surface area contributed by atoms with Gasteiger partial charge < -0.3 is 14.4 Å². The number of benzene rings is 2. The summed E-state index contributed by atoms with van der Waals surface area (Å²) in [6, 6.07) is 12.3. The molecule has 0 atom stereocenters. The first-order valence-corrected chi connectivity index (χ1v) is 9.15. The molecule has 2 aromatic carbocycles. The molecule has 1 aliphatic heterocycles. The highest BCUT2D eigenvalue weighted by molar-refractivity contribution is 5.67. The molecule has 6 heteroatoms. The fraction of sp³-hybridized carbons (Fsp3) is 0.381. The number of amides is 1. The molecule has 0 bridgehead atoms. The highest BCUT2D eigenvalue weighted by Crippen LogP contribution is 2.30. The van der Waals surface area contributed by atoms with Gasteiger partial charge in [-0.15, -0.1) is 0 Å². The van der Waals surface area contributed by atoms with Crippen LogP contribution in [0.25, 0.3) is 0 Å². The number of hydrogen-bond acceptors (Lipinski definition) is 3. The second-order valence-corrected chi connectivity index (χ2v) is 6.50. The first-order valence-electron chi connectivity index (χ1n) is 9.15. The van der Waals surface area contributed by atoms with Crippen molar-refractivity contribution in [3.8, 4) is 0 Å². The van der Waals surface area contributed by atoms with E-state index in [2.05, 4.69) is 0 Å². The lowest BCUT2D eigenvalue weighted by Crippen LogP contribution is -2.41. The molecule has 0 saturated carbocycles. The molecule has 1 saturated heterocycles. The molecule has 0 aliphatic carbocycles. The van der Waals surface area contributed by atoms with Crippen LogP contribution in [0.2, 0.25) is 0 Å². The number of carbonyl (C=O) groups is 1. The van der Waals surface area contributed by atoms with E-state index in [1.54, 1.807) is 36.1 Å². The Morgan fingerprint density at radius 1 is 1.00 bits per heavy atom. The van der Waals surface area contributed by atoms with E-state index in [-0.39, 0.29) is 23.8 Å². The van der Waals surface area contributed by atoms with Crippen molar-refractivity contribution >= 4 is 6.09 Å². The van der Waals surface area contributed by atoms with Gasteiger partial charge in [0.25, 0.3) is 0 Å². The molecular formula is C21H23F2NO3. The molecule has 1 heterocycles. The van der Waals surface area contributed by atoms with Crippen LogP contribution < -0.4 is 0 Å². The van der Waals surface area contributed by atoms with E-state index in [0.29, 0.717) is 32.5 Å². The van der Waals surface area contributed by atoms with Crippen molar-refractivity contribution in [1.29, 1.82) is 0 Å². The second-order valence-electron chi connectivity index (χ2n) is 6.50. The minimum Gasteiger partial charge on any atom is -0.450 e. The van der Waals surface area contributed by atoms with Crippen molar-refractivity contribution < 1.29 is 23.0 Å². The molecule has 1 fully saturated rings. The van der Waals surface area contributed by atoms with E-state index in [1.807, 2.05) is 0 Å². The smallest absolute Gasteiger partial charge is 0.409 e. The van der Waals surface area contributed by atoms with E-state index in [9.17, 15) is 13.6 Å². The van der Waals surface area contributed by atoms with Crippen LogP contribution in [0, 0.1) is 11.6 Å². The van der Waals surface area contributed by atoms with Crippen molar-refractivity contribution in [2.24, 2.45) is 0 Å². The van der Waals surface area contributed by atoms with E-state index >= 15 is 0 Å². The maximum absolute atomic E-state index is 13.3. The Morgan fingerprint density at radius 3 is 1.93 bits per heavy atom. The summed E-state index contributed by atoms with van der Waals surface area (Å²) in [4.78, 5) is 13.5. The summed E-state index contributed by atoms with van der Waals surface area (Å²) in [5.74, 6) is -0.640. The van der Waals surface area contributed by atoms with E-state index in [1.165, 1.54) is 24.3 Å². The molecule has 27 heavy (non-hydrogen) atoms. The average molecular weight is 375 g/mol. The summed E-state index contributed by atoms with van der Waals surface area (Å²) in [5.41, 5.74) is 1.60. The van der Waals surface area contributed by atoms with Crippen LogP contribution in [-0.2, 0) is 9.47 Å². The third kappa shape index (κ3) is 5.04. The van der Waals surface area contributed by atoms with E-state index in [0.717, 1.165) is 11.1 Å². The zero-order chi connectivity index (χ0) is 19.2. The van der Waals surface area contributed by atoms with Gasteiger partial charge in [0, 0.05) is 13.1 Å². The Labute approximate surface area is 157 Å². The lowest BCUT2D eigenvalue weighted by Gasteiger charge is -2.33. The summed E-state index contributed by atoms with van der Waals surface area (Å²) < 4.78 is 38.0. The van der Waals surface area contributed by atoms with Crippen LogP contribution in [0.3, 0.4) is 0 Å². The van der Waals surface area contributed by atoms with Crippen LogP contribution in [-0.4, -0.2) is 36.8 Å². The maximum atomic E-state index is 13.3. The minimum atomic E-state index is -0.426. The quantitative estimate of drug-likeness (QED) is 0.761. The average Bonchev–Trinajstić information content (AvgIpc) is 2.68. The summed E-state index contributed by atoms with van der Waals surface area (Å²) >= 11 is 0. The Kier molecular flexibility index (Phi) is 6.40. The zero-order valence-corrected chi connectivity index (χ0v) is 15.2. The first kappa shape index (κ1) is 19.3. The zero-order valence-electron chi connectivity index (χ0n) is 15.2. The van der Waals surface area contributed by atoms with Gasteiger partial charge in [0.2, 0.25) is 0 Å². The lowest BCUT2D eigenvalue weighted by molar-refractivity contribution is -0.0260. The molecule has 0 unspecified atom stereocenters. The third-order valence-corrected chi connectivity index (χ3v) is 4.64. The lowest BCUT2D eigenvalue weighted by atomic mass is 10.00. The molecule has 3 rings (SSSR count). The van der Waals surface area contributed by atoms with Gasteiger partial charge in [-0.2, -0.15) is 0 Å². The largest absolute Gasteiger partial charge is 0.450 e. The van der Waals surface area contributed by atoms with Gasteiger partial charge in [0.15, 0.2) is 0 Å². The molecule has 0 radical (unpaired) electrons. The number of nitrogens with zero attached hydrogens (tertiary/aromatic N) is 1. The third-order valence-electron chi connectivity index (χ3n) is 4.64. The van der Waals surface area contributed by atoms with Gasteiger partial charge >= 0.3 is 6.09 Å². The van der Waals surface area contributed by atoms with E-state index in [4.69, 9.17) is 9.47 Å². The fourth-order valence-electron chi connectivity index (χ4n) is 3.21. The highest BCUT2D eigenvalue weighted by atomic mass is 19.1. The summed E-state index contributed by atoms with van der Waals surface area (Å²) in [5, 5.41) is 0. The normalized spacial score (nSPS) is 15.2. The van der Waals surface area contributed by atoms with Crippen molar-refractivity contribution in [2.75, 3.05) is 19.7 Å². The standard InChI is InChI=1S/C21H23F2NO3/c1-2-26-21(25)24-13-11-19(12-14-24)27-20(15-3-7-17(22)8-4-15)16-5-9-18(23)10-6-16/h3-10,19-20H,2,11-14H2,1H3. The molecule has 0 N–H and O–H groups in total. The molecule has 4 nitrogen and oxygen atoms in total. The number of rotatable bonds is 5. The number of hydrogen-bond donors (Lipinski definition) is 0. The van der Waals surface area contributed by atoms with Crippen LogP contribution in [0.15, 0.2) is 48.5 Å². The Bertz CT molecular complexity index is 696. The van der Waals surface area contributed by atoms with Crippen LogP contribution in [0.5, 0.6) is 0 Å². The van der Waals surface area contributed by atoms with Crippen molar-refractivity contribution in [2.45, 2.75) is 32.0 Å². The van der Waals surface area contributed by atoms with Gasteiger partial charge in [-0.25, -0.2) is 13.6 Å². The monoisotopic (exact) mass is 375 g/mol. The van der Waals surface area contributed by atoms with Gasteiger partial charge in [0.1, 0.15) is 17.7 Å². The van der Waals surface area contributed by atoms with Crippen LogP contribution in [0.1, 0.15) is 37.0 Å². The summed E-state index contributed by atoms with van der Waals surface area (Å²) in [7, 11) is 0.